The molecule has 0 atom stereocenters. The number of hydrogen-bond donors (Lipinski definition) is 2. The summed E-state index contributed by atoms with van der Waals surface area (Å²) in [6.45, 7) is 4.97. The maximum atomic E-state index is 11.7. The van der Waals surface area contributed by atoms with Crippen molar-refractivity contribution in [3.05, 3.63) is 45.7 Å². The largest absolute Gasteiger partial charge is 0.494 e. The first kappa shape index (κ1) is 17.4. The molecule has 132 valence electrons. The fraction of sp³-hybridized carbons (Fsp3) is 0.389. The smallest absolute Gasteiger partial charge is 0.243 e. The standard InChI is InChI=1S/C18H22N4O2S/c1-3-24-16-7-6-14(12(2)20-21-17(23)13-4-5-13)10-15(16)11-22-8-9-25-18(22)19/h6-10,13,19H,3-5,11H2,1-2H3,(H,21,23)/b19-18?,20-12+. The molecule has 0 unspecified atom stereocenters. The number of amides is 1. The van der Waals surface area contributed by atoms with E-state index in [1.807, 2.05) is 48.2 Å². The van der Waals surface area contributed by atoms with Crippen LogP contribution in [0.1, 0.15) is 37.8 Å². The highest BCUT2D eigenvalue weighted by atomic mass is 32.1. The molecule has 0 spiro atoms. The van der Waals surface area contributed by atoms with Crippen molar-refractivity contribution in [2.75, 3.05) is 6.61 Å². The van der Waals surface area contributed by atoms with Crippen molar-refractivity contribution in [3.8, 4) is 5.75 Å². The molecule has 1 saturated carbocycles. The Labute approximate surface area is 150 Å². The zero-order valence-electron chi connectivity index (χ0n) is 14.4. The van der Waals surface area contributed by atoms with Gasteiger partial charge in [-0.05, 0) is 50.5 Å². The Morgan fingerprint density at radius 2 is 2.28 bits per heavy atom. The van der Waals surface area contributed by atoms with Crippen molar-refractivity contribution in [2.45, 2.75) is 33.2 Å². The highest BCUT2D eigenvalue weighted by Crippen LogP contribution is 2.28. The highest BCUT2D eigenvalue weighted by molar-refractivity contribution is 7.06. The molecule has 1 aromatic heterocycles. The van der Waals surface area contributed by atoms with Gasteiger partial charge in [0.25, 0.3) is 0 Å². The van der Waals surface area contributed by atoms with Crippen LogP contribution >= 0.6 is 11.3 Å². The van der Waals surface area contributed by atoms with E-state index in [0.29, 0.717) is 18.0 Å². The second-order valence-corrected chi connectivity index (χ2v) is 6.93. The molecule has 2 aromatic rings. The van der Waals surface area contributed by atoms with Gasteiger partial charge in [-0.2, -0.15) is 5.10 Å². The fourth-order valence-corrected chi connectivity index (χ4v) is 3.07. The van der Waals surface area contributed by atoms with Crippen LogP contribution in [0.15, 0.2) is 34.9 Å². The highest BCUT2D eigenvalue weighted by Gasteiger charge is 2.29. The van der Waals surface area contributed by atoms with Gasteiger partial charge in [0.2, 0.25) is 5.91 Å². The zero-order chi connectivity index (χ0) is 17.8. The monoisotopic (exact) mass is 358 g/mol. The number of rotatable bonds is 7. The SMILES string of the molecule is CCOc1ccc(/C(C)=N/NC(=O)C2CC2)cc1Cn1ccsc1=N. The number of hydrazone groups is 1. The molecule has 2 N–H and O–H groups in total. The molecule has 0 radical (unpaired) electrons. The first-order valence-electron chi connectivity index (χ1n) is 8.37. The number of hydrogen-bond acceptors (Lipinski definition) is 5. The lowest BCUT2D eigenvalue weighted by molar-refractivity contribution is -0.122. The van der Waals surface area contributed by atoms with Gasteiger partial charge in [-0.15, -0.1) is 11.3 Å². The number of nitrogens with one attached hydrogen (secondary N) is 2. The van der Waals surface area contributed by atoms with Crippen LogP contribution in [0.3, 0.4) is 0 Å². The minimum absolute atomic E-state index is 0.00168. The van der Waals surface area contributed by atoms with Crippen LogP contribution in [0, 0.1) is 11.3 Å². The third-order valence-corrected chi connectivity index (χ3v) is 4.80. The quantitative estimate of drug-likeness (QED) is 0.589. The van der Waals surface area contributed by atoms with E-state index >= 15 is 0 Å². The Morgan fingerprint density at radius 3 is 2.92 bits per heavy atom. The lowest BCUT2D eigenvalue weighted by atomic mass is 10.1. The van der Waals surface area contributed by atoms with Crippen LogP contribution in [0.2, 0.25) is 0 Å². The van der Waals surface area contributed by atoms with Crippen molar-refractivity contribution < 1.29 is 9.53 Å². The van der Waals surface area contributed by atoms with Gasteiger partial charge in [-0.3, -0.25) is 10.2 Å². The molecule has 1 aliphatic carbocycles. The third-order valence-electron chi connectivity index (χ3n) is 4.08. The van der Waals surface area contributed by atoms with Crippen molar-refractivity contribution in [3.63, 3.8) is 0 Å². The van der Waals surface area contributed by atoms with E-state index in [2.05, 4.69) is 10.5 Å². The van der Waals surface area contributed by atoms with E-state index in [1.165, 1.54) is 11.3 Å². The second kappa shape index (κ2) is 7.65. The van der Waals surface area contributed by atoms with Crippen LogP contribution in [0.4, 0.5) is 0 Å². The summed E-state index contributed by atoms with van der Waals surface area (Å²) in [6, 6.07) is 5.88. The number of carbonyl (C=O) groups excluding carboxylic acids is 1. The maximum absolute atomic E-state index is 11.7. The van der Waals surface area contributed by atoms with Crippen LogP contribution in [0.5, 0.6) is 5.75 Å². The van der Waals surface area contributed by atoms with Crippen molar-refractivity contribution in [1.82, 2.24) is 9.99 Å². The summed E-state index contributed by atoms with van der Waals surface area (Å²) in [4.78, 5) is 12.2. The third kappa shape index (κ3) is 4.36. The normalized spacial score (nSPS) is 14.4. The summed E-state index contributed by atoms with van der Waals surface area (Å²) in [7, 11) is 0. The number of ether oxygens (including phenoxy) is 1. The predicted octanol–water partition coefficient (Wildman–Crippen LogP) is 2.73. The summed E-state index contributed by atoms with van der Waals surface area (Å²) >= 11 is 1.39. The fourth-order valence-electron chi connectivity index (χ4n) is 2.48. The van der Waals surface area contributed by atoms with Gasteiger partial charge < -0.3 is 9.30 Å². The Bertz CT molecular complexity index is 849. The minimum atomic E-state index is -0.00168. The number of nitrogens with zero attached hydrogens (tertiary/aromatic N) is 2. The topological polar surface area (TPSA) is 79.5 Å². The van der Waals surface area contributed by atoms with Crippen LogP contribution in [0.25, 0.3) is 0 Å². The average molecular weight is 358 g/mol. The summed E-state index contributed by atoms with van der Waals surface area (Å²) in [5.74, 6) is 0.940. The van der Waals surface area contributed by atoms with Gasteiger partial charge in [0.1, 0.15) is 5.75 Å². The maximum Gasteiger partial charge on any atom is 0.243 e. The minimum Gasteiger partial charge on any atom is -0.494 e. The van der Waals surface area contributed by atoms with E-state index in [-0.39, 0.29) is 11.8 Å². The predicted molar refractivity (Wildman–Crippen MR) is 98.0 cm³/mol. The van der Waals surface area contributed by atoms with Gasteiger partial charge in [-0.25, -0.2) is 5.43 Å². The molecular formula is C18H22N4O2S. The van der Waals surface area contributed by atoms with E-state index in [4.69, 9.17) is 10.1 Å². The van der Waals surface area contributed by atoms with Crippen LogP contribution < -0.4 is 15.0 Å². The molecule has 0 aliphatic heterocycles. The second-order valence-electron chi connectivity index (χ2n) is 6.04. The van der Waals surface area contributed by atoms with Crippen molar-refractivity contribution in [1.29, 1.82) is 5.41 Å². The molecule has 6 nitrogen and oxygen atoms in total. The average Bonchev–Trinajstić information content (AvgIpc) is 3.38. The molecule has 25 heavy (non-hydrogen) atoms. The Kier molecular flexibility index (Phi) is 5.33. The summed E-state index contributed by atoms with van der Waals surface area (Å²) in [5, 5.41) is 14.1. The Balaban J connectivity index is 1.83. The molecular weight excluding hydrogens is 336 g/mol. The van der Waals surface area contributed by atoms with Crippen LogP contribution in [-0.2, 0) is 11.3 Å². The first-order valence-corrected chi connectivity index (χ1v) is 9.25. The molecule has 1 fully saturated rings. The zero-order valence-corrected chi connectivity index (χ0v) is 15.2. The molecule has 1 amide bonds. The molecule has 0 bridgehead atoms. The van der Waals surface area contributed by atoms with Gasteiger partial charge in [0, 0.05) is 23.1 Å². The lowest BCUT2D eigenvalue weighted by Crippen LogP contribution is -2.20. The van der Waals surface area contributed by atoms with Crippen molar-refractivity contribution in [2.24, 2.45) is 11.0 Å². The van der Waals surface area contributed by atoms with Gasteiger partial charge in [0.05, 0.1) is 18.9 Å². The number of carbonyl (C=O) groups is 1. The van der Waals surface area contributed by atoms with E-state index in [1.54, 1.807) is 0 Å². The lowest BCUT2D eigenvalue weighted by Gasteiger charge is -2.13. The summed E-state index contributed by atoms with van der Waals surface area (Å²) < 4.78 is 7.59. The first-order chi connectivity index (χ1) is 12.1. The molecule has 7 heteroatoms. The van der Waals surface area contributed by atoms with E-state index in [0.717, 1.165) is 35.4 Å². The molecule has 0 saturated heterocycles. The number of aromatic nitrogens is 1. The van der Waals surface area contributed by atoms with E-state index < -0.39 is 0 Å². The van der Waals surface area contributed by atoms with Crippen molar-refractivity contribution >= 4 is 23.0 Å². The van der Waals surface area contributed by atoms with Crippen LogP contribution in [-0.4, -0.2) is 22.8 Å². The van der Waals surface area contributed by atoms with E-state index in [9.17, 15) is 4.79 Å². The molecule has 1 heterocycles. The molecule has 1 aromatic carbocycles. The number of thiazole rings is 1. The molecule has 1 aliphatic rings. The van der Waals surface area contributed by atoms with Gasteiger partial charge in [0.15, 0.2) is 4.80 Å². The number of benzene rings is 1. The molecule has 3 rings (SSSR count). The summed E-state index contributed by atoms with van der Waals surface area (Å²) in [5.41, 5.74) is 5.30. The summed E-state index contributed by atoms with van der Waals surface area (Å²) in [6.07, 6.45) is 3.81. The Morgan fingerprint density at radius 1 is 1.48 bits per heavy atom. The Hall–Kier alpha value is -2.41. The van der Waals surface area contributed by atoms with Gasteiger partial charge >= 0.3 is 0 Å². The van der Waals surface area contributed by atoms with Gasteiger partial charge in [-0.1, -0.05) is 0 Å².